The number of ether oxygens (including phenoxy) is 5. The molecule has 0 aromatic heterocycles. The lowest BCUT2D eigenvalue weighted by Crippen LogP contribution is -1.98. The largest absolute Gasteiger partial charge is 0.453 e. The van der Waals surface area contributed by atoms with Crippen LogP contribution in [0.1, 0.15) is 0 Å². The topological polar surface area (TPSA) is 150 Å². The van der Waals surface area contributed by atoms with Crippen LogP contribution in [0.25, 0.3) is 0 Å². The van der Waals surface area contributed by atoms with Gasteiger partial charge in [0.15, 0.2) is 23.0 Å². The first-order chi connectivity index (χ1) is 21.9. The van der Waals surface area contributed by atoms with E-state index >= 15 is 0 Å². The molecule has 45 heavy (non-hydrogen) atoms. The number of benzene rings is 6. The molecule has 6 aromatic rings. The Hall–Kier alpha value is -6.48. The van der Waals surface area contributed by atoms with Gasteiger partial charge in [-0.15, -0.1) is 0 Å². The zero-order chi connectivity index (χ0) is 31.2. The van der Waals surface area contributed by atoms with Crippen molar-refractivity contribution in [3.8, 4) is 57.5 Å². The summed E-state index contributed by atoms with van der Waals surface area (Å²) in [7, 11) is 0. The summed E-state index contributed by atoms with van der Waals surface area (Å²) in [6.07, 6.45) is 0. The molecule has 0 aliphatic carbocycles. The number of hydrogen-bond donors (Lipinski definition) is 4. The van der Waals surface area contributed by atoms with Crippen LogP contribution >= 0.6 is 0 Å². The quantitative estimate of drug-likeness (QED) is 0.113. The van der Waals surface area contributed by atoms with Crippen molar-refractivity contribution >= 4 is 22.7 Å². The van der Waals surface area contributed by atoms with Crippen LogP contribution in [0.2, 0.25) is 0 Å². The van der Waals surface area contributed by atoms with Crippen molar-refractivity contribution in [2.75, 3.05) is 22.9 Å². The number of anilines is 4. The molecule has 0 bridgehead atoms. The predicted molar refractivity (Wildman–Crippen MR) is 177 cm³/mol. The fourth-order valence-electron chi connectivity index (χ4n) is 4.27. The van der Waals surface area contributed by atoms with Gasteiger partial charge in [0.1, 0.15) is 23.0 Å². The molecule has 6 rings (SSSR count). The minimum Gasteiger partial charge on any atom is -0.453 e. The number of nitrogen functional groups attached to an aromatic ring is 4. The van der Waals surface area contributed by atoms with E-state index in [2.05, 4.69) is 0 Å². The summed E-state index contributed by atoms with van der Waals surface area (Å²) in [6, 6.07) is 38.8. The second-order valence-corrected chi connectivity index (χ2v) is 9.95. The SMILES string of the molecule is Nc1ccc(Oc2cccc(Oc3cccc(Oc4ccc(N)cc4)c3Oc3ccc(N)cc3)c2Oc2ccc(N)cc2)cc1. The van der Waals surface area contributed by atoms with E-state index in [0.29, 0.717) is 80.2 Å². The van der Waals surface area contributed by atoms with Gasteiger partial charge in [-0.1, -0.05) is 12.1 Å². The Morgan fingerprint density at radius 1 is 0.267 bits per heavy atom. The molecule has 0 fully saturated rings. The van der Waals surface area contributed by atoms with E-state index in [0.717, 1.165) is 0 Å². The van der Waals surface area contributed by atoms with Gasteiger partial charge in [0.25, 0.3) is 0 Å². The van der Waals surface area contributed by atoms with Gasteiger partial charge >= 0.3 is 0 Å². The van der Waals surface area contributed by atoms with Crippen LogP contribution in [0.4, 0.5) is 22.7 Å². The molecule has 6 aromatic carbocycles. The minimum absolute atomic E-state index is 0.322. The first-order valence-corrected chi connectivity index (χ1v) is 14.0. The van der Waals surface area contributed by atoms with Gasteiger partial charge in [0, 0.05) is 22.7 Å². The smallest absolute Gasteiger partial charge is 0.212 e. The fraction of sp³-hybridized carbons (Fsp3) is 0. The third kappa shape index (κ3) is 7.12. The zero-order valence-corrected chi connectivity index (χ0v) is 24.1. The summed E-state index contributed by atoms with van der Waals surface area (Å²) in [5.74, 6) is 4.35. The summed E-state index contributed by atoms with van der Waals surface area (Å²) in [5.41, 5.74) is 26.0. The standard InChI is InChI=1S/C36H30N4O5/c37-23-7-15-27(16-8-23)41-31-3-1-5-33(35(31)43-29-19-11-25(39)12-20-29)45-34-6-2-4-32(42-28-17-9-24(38)10-18-28)36(34)44-30-21-13-26(40)14-22-30/h1-22H,37-40H2. The molecule has 9 heteroatoms. The lowest BCUT2D eigenvalue weighted by Gasteiger charge is -2.19. The van der Waals surface area contributed by atoms with Crippen LogP contribution in [-0.4, -0.2) is 0 Å². The molecule has 224 valence electrons. The van der Waals surface area contributed by atoms with Crippen LogP contribution in [0, 0.1) is 0 Å². The average molecular weight is 599 g/mol. The summed E-state index contributed by atoms with van der Waals surface area (Å²) in [4.78, 5) is 0. The monoisotopic (exact) mass is 598 g/mol. The maximum Gasteiger partial charge on any atom is 0.212 e. The molecule has 0 amide bonds. The Bertz CT molecular complexity index is 1750. The molecule has 0 saturated heterocycles. The van der Waals surface area contributed by atoms with Gasteiger partial charge < -0.3 is 46.6 Å². The first-order valence-electron chi connectivity index (χ1n) is 14.0. The molecule has 0 aliphatic rings. The van der Waals surface area contributed by atoms with Crippen LogP contribution in [0.15, 0.2) is 133 Å². The van der Waals surface area contributed by atoms with E-state index in [1.165, 1.54) is 0 Å². The molecular formula is C36H30N4O5. The van der Waals surface area contributed by atoms with Crippen molar-refractivity contribution in [1.29, 1.82) is 0 Å². The van der Waals surface area contributed by atoms with Crippen LogP contribution in [-0.2, 0) is 0 Å². The number of nitrogens with two attached hydrogens (primary N) is 4. The normalized spacial score (nSPS) is 10.6. The van der Waals surface area contributed by atoms with Gasteiger partial charge in [0.2, 0.25) is 11.5 Å². The second kappa shape index (κ2) is 12.8. The highest BCUT2D eigenvalue weighted by molar-refractivity contribution is 5.61. The van der Waals surface area contributed by atoms with Crippen molar-refractivity contribution in [1.82, 2.24) is 0 Å². The lowest BCUT2D eigenvalue weighted by molar-refractivity contribution is 0.365. The molecule has 8 N–H and O–H groups in total. The highest BCUT2D eigenvalue weighted by Crippen LogP contribution is 2.48. The van der Waals surface area contributed by atoms with Crippen molar-refractivity contribution in [2.45, 2.75) is 0 Å². The van der Waals surface area contributed by atoms with E-state index < -0.39 is 0 Å². The molecule has 0 heterocycles. The molecule has 0 radical (unpaired) electrons. The van der Waals surface area contributed by atoms with E-state index in [4.69, 9.17) is 46.6 Å². The Morgan fingerprint density at radius 3 is 0.800 bits per heavy atom. The van der Waals surface area contributed by atoms with Crippen LogP contribution < -0.4 is 46.6 Å². The van der Waals surface area contributed by atoms with Gasteiger partial charge in [-0.05, 0) is 121 Å². The van der Waals surface area contributed by atoms with E-state index in [1.807, 2.05) is 0 Å². The Morgan fingerprint density at radius 2 is 0.511 bits per heavy atom. The van der Waals surface area contributed by atoms with Gasteiger partial charge in [-0.2, -0.15) is 0 Å². The number of rotatable bonds is 10. The van der Waals surface area contributed by atoms with E-state index in [-0.39, 0.29) is 0 Å². The van der Waals surface area contributed by atoms with Gasteiger partial charge in [0.05, 0.1) is 0 Å². The van der Waals surface area contributed by atoms with Crippen molar-refractivity contribution < 1.29 is 23.7 Å². The highest BCUT2D eigenvalue weighted by atomic mass is 16.6. The van der Waals surface area contributed by atoms with Gasteiger partial charge in [-0.25, -0.2) is 0 Å². The van der Waals surface area contributed by atoms with Gasteiger partial charge in [-0.3, -0.25) is 0 Å². The van der Waals surface area contributed by atoms with E-state index in [1.54, 1.807) is 133 Å². The summed E-state index contributed by atoms with van der Waals surface area (Å²) in [5, 5.41) is 0. The molecule has 0 unspecified atom stereocenters. The maximum absolute atomic E-state index is 6.53. The van der Waals surface area contributed by atoms with Crippen molar-refractivity contribution in [2.24, 2.45) is 0 Å². The Kier molecular flexibility index (Phi) is 8.15. The Balaban J connectivity index is 1.41. The van der Waals surface area contributed by atoms with Crippen LogP contribution in [0.3, 0.4) is 0 Å². The van der Waals surface area contributed by atoms with Crippen LogP contribution in [0.5, 0.6) is 57.5 Å². The summed E-state index contributed by atoms with van der Waals surface area (Å²) < 4.78 is 31.7. The molecule has 9 nitrogen and oxygen atoms in total. The second-order valence-electron chi connectivity index (χ2n) is 9.95. The third-order valence-electron chi connectivity index (χ3n) is 6.52. The molecular weight excluding hydrogens is 568 g/mol. The summed E-state index contributed by atoms with van der Waals surface area (Å²) >= 11 is 0. The van der Waals surface area contributed by atoms with E-state index in [9.17, 15) is 0 Å². The minimum atomic E-state index is 0.322. The summed E-state index contributed by atoms with van der Waals surface area (Å²) in [6.45, 7) is 0. The molecule has 0 aliphatic heterocycles. The number of para-hydroxylation sites is 2. The van der Waals surface area contributed by atoms with Crippen molar-refractivity contribution in [3.05, 3.63) is 133 Å². The average Bonchev–Trinajstić information content (AvgIpc) is 3.04. The predicted octanol–water partition coefficient (Wildman–Crippen LogP) is 8.98. The molecule has 0 spiro atoms. The first kappa shape index (κ1) is 28.6. The third-order valence-corrected chi connectivity index (χ3v) is 6.52. The zero-order valence-electron chi connectivity index (χ0n) is 24.1. The molecule has 0 saturated carbocycles. The number of hydrogen-bond acceptors (Lipinski definition) is 9. The lowest BCUT2D eigenvalue weighted by atomic mass is 10.2. The van der Waals surface area contributed by atoms with Crippen molar-refractivity contribution in [3.63, 3.8) is 0 Å². The maximum atomic E-state index is 6.53. The highest BCUT2D eigenvalue weighted by Gasteiger charge is 2.21. The Labute approximate surface area is 260 Å². The molecule has 0 atom stereocenters. The fourth-order valence-corrected chi connectivity index (χ4v) is 4.27.